The van der Waals surface area contributed by atoms with Gasteiger partial charge in [-0.2, -0.15) is 0 Å². The summed E-state index contributed by atoms with van der Waals surface area (Å²) >= 11 is 0. The lowest BCUT2D eigenvalue weighted by molar-refractivity contribution is -0.152. The normalized spacial score (nSPS) is 47.5. The molecule has 5 rings (SSSR count). The number of aliphatic hydroxyl groups excluding tert-OH is 1. The molecular formula is C16H17NO3. The fourth-order valence-corrected chi connectivity index (χ4v) is 5.09. The molecule has 7 atom stereocenters. The third kappa shape index (κ3) is 1.18. The molecule has 1 N–H and O–H groups in total. The molecule has 2 aliphatic carbocycles. The molecule has 1 aromatic rings. The number of carbonyl (C=O) groups is 1. The van der Waals surface area contributed by atoms with Crippen molar-refractivity contribution in [3.05, 3.63) is 35.9 Å². The molecule has 0 aromatic heterocycles. The minimum Gasteiger partial charge on any atom is -0.390 e. The van der Waals surface area contributed by atoms with Gasteiger partial charge in [-0.05, 0) is 23.8 Å². The zero-order chi connectivity index (χ0) is 13.4. The zero-order valence-electron chi connectivity index (χ0n) is 11.1. The van der Waals surface area contributed by atoms with Crippen molar-refractivity contribution in [1.82, 2.24) is 4.90 Å². The first kappa shape index (κ1) is 11.3. The van der Waals surface area contributed by atoms with E-state index >= 15 is 0 Å². The highest BCUT2D eigenvalue weighted by Crippen LogP contribution is 2.63. The van der Waals surface area contributed by atoms with Gasteiger partial charge in [-0.3, -0.25) is 4.79 Å². The van der Waals surface area contributed by atoms with Crippen molar-refractivity contribution in [3.63, 3.8) is 0 Å². The monoisotopic (exact) mass is 271 g/mol. The maximum Gasteiger partial charge on any atom is 0.228 e. The SMILES string of the molecule is O=C1[C@@H]2[C@H]3C[C@H]4[C@H](O[C@H]([C@H]42)N1Cc1ccccc1)[C@@H]3O. The van der Waals surface area contributed by atoms with Crippen molar-refractivity contribution < 1.29 is 14.6 Å². The number of carbonyl (C=O) groups excluding carboxylic acids is 1. The van der Waals surface area contributed by atoms with Gasteiger partial charge in [0, 0.05) is 12.5 Å². The number of hydrogen-bond donors (Lipinski definition) is 1. The van der Waals surface area contributed by atoms with Crippen LogP contribution in [0.15, 0.2) is 30.3 Å². The van der Waals surface area contributed by atoms with Gasteiger partial charge in [0.05, 0.1) is 18.1 Å². The molecule has 1 aromatic carbocycles. The summed E-state index contributed by atoms with van der Waals surface area (Å²) in [7, 11) is 0. The van der Waals surface area contributed by atoms with Crippen LogP contribution in [-0.4, -0.2) is 34.3 Å². The van der Waals surface area contributed by atoms with E-state index in [4.69, 9.17) is 4.74 Å². The number of likely N-dealkylation sites (tertiary alicyclic amines) is 1. The Morgan fingerprint density at radius 3 is 2.85 bits per heavy atom. The van der Waals surface area contributed by atoms with Gasteiger partial charge in [-0.15, -0.1) is 0 Å². The number of aliphatic hydroxyl groups is 1. The van der Waals surface area contributed by atoms with Crippen LogP contribution in [0.25, 0.3) is 0 Å². The number of hydrogen-bond acceptors (Lipinski definition) is 3. The Morgan fingerprint density at radius 1 is 1.25 bits per heavy atom. The first-order valence-corrected chi connectivity index (χ1v) is 7.43. The molecule has 0 unspecified atom stereocenters. The van der Waals surface area contributed by atoms with E-state index < -0.39 is 6.10 Å². The molecule has 1 amide bonds. The number of fused-ring (bicyclic) bond motifs is 2. The summed E-state index contributed by atoms with van der Waals surface area (Å²) in [5.41, 5.74) is 1.14. The number of amides is 1. The maximum atomic E-state index is 12.7. The molecule has 2 saturated heterocycles. The van der Waals surface area contributed by atoms with Crippen LogP contribution < -0.4 is 0 Å². The van der Waals surface area contributed by atoms with Gasteiger partial charge in [-0.1, -0.05) is 30.3 Å². The lowest BCUT2D eigenvalue weighted by Gasteiger charge is -2.30. The van der Waals surface area contributed by atoms with Crippen LogP contribution in [-0.2, 0) is 16.1 Å². The van der Waals surface area contributed by atoms with Gasteiger partial charge in [0.25, 0.3) is 0 Å². The number of nitrogens with zero attached hydrogens (tertiary/aromatic N) is 1. The van der Waals surface area contributed by atoms with Crippen molar-refractivity contribution >= 4 is 5.91 Å². The average Bonchev–Trinajstić information content (AvgIpc) is 3.12. The van der Waals surface area contributed by atoms with Gasteiger partial charge in [0.1, 0.15) is 6.23 Å². The van der Waals surface area contributed by atoms with Crippen molar-refractivity contribution in [3.8, 4) is 0 Å². The van der Waals surface area contributed by atoms with Crippen molar-refractivity contribution in [2.24, 2.45) is 23.7 Å². The molecule has 4 nitrogen and oxygen atoms in total. The van der Waals surface area contributed by atoms with Crippen LogP contribution in [0.2, 0.25) is 0 Å². The average molecular weight is 271 g/mol. The van der Waals surface area contributed by atoms with E-state index in [0.717, 1.165) is 12.0 Å². The second-order valence-corrected chi connectivity index (χ2v) is 6.60. The van der Waals surface area contributed by atoms with E-state index in [9.17, 15) is 9.90 Å². The van der Waals surface area contributed by atoms with Gasteiger partial charge < -0.3 is 14.7 Å². The topological polar surface area (TPSA) is 49.8 Å². The van der Waals surface area contributed by atoms with E-state index in [1.165, 1.54) is 0 Å². The Bertz CT molecular complexity index is 574. The molecule has 4 fully saturated rings. The van der Waals surface area contributed by atoms with Gasteiger partial charge >= 0.3 is 0 Å². The highest BCUT2D eigenvalue weighted by molar-refractivity contribution is 5.83. The summed E-state index contributed by atoms with van der Waals surface area (Å²) in [4.78, 5) is 14.6. The lowest BCUT2D eigenvalue weighted by atomic mass is 9.80. The van der Waals surface area contributed by atoms with Gasteiger partial charge in [0.15, 0.2) is 0 Å². The van der Waals surface area contributed by atoms with E-state index in [0.29, 0.717) is 18.4 Å². The first-order valence-electron chi connectivity index (χ1n) is 7.43. The maximum absolute atomic E-state index is 12.7. The fraction of sp³-hybridized carbons (Fsp3) is 0.562. The Kier molecular flexibility index (Phi) is 2.05. The van der Waals surface area contributed by atoms with Gasteiger partial charge in [-0.25, -0.2) is 0 Å². The molecule has 4 aliphatic rings. The summed E-state index contributed by atoms with van der Waals surface area (Å²) in [6, 6.07) is 10.1. The van der Waals surface area contributed by atoms with Crippen LogP contribution in [0, 0.1) is 23.7 Å². The minimum absolute atomic E-state index is 0.00228. The van der Waals surface area contributed by atoms with E-state index in [2.05, 4.69) is 0 Å². The van der Waals surface area contributed by atoms with Crippen LogP contribution in [0.5, 0.6) is 0 Å². The van der Waals surface area contributed by atoms with E-state index in [1.54, 1.807) is 0 Å². The van der Waals surface area contributed by atoms with Gasteiger partial charge in [0.2, 0.25) is 5.91 Å². The molecular weight excluding hydrogens is 254 g/mol. The second-order valence-electron chi connectivity index (χ2n) is 6.60. The Labute approximate surface area is 117 Å². The Balaban J connectivity index is 1.49. The van der Waals surface area contributed by atoms with Crippen molar-refractivity contribution in [2.45, 2.75) is 31.4 Å². The molecule has 2 aliphatic heterocycles. The first-order chi connectivity index (χ1) is 9.75. The van der Waals surface area contributed by atoms with E-state index in [-0.39, 0.29) is 30.1 Å². The molecule has 2 heterocycles. The molecule has 4 heteroatoms. The Morgan fingerprint density at radius 2 is 2.05 bits per heavy atom. The molecule has 2 saturated carbocycles. The standard InChI is InChI=1S/C16H17NO3/c18-13-9-6-10-12-11(9)15(19)17(16(12)20-14(10)13)7-8-4-2-1-3-5-8/h1-5,9-14,16,18H,6-7H2/t9-,10-,11-,12-,13-,14+,16-/m1/s1. The number of ether oxygens (including phenoxy) is 1. The number of benzene rings is 1. The Hall–Kier alpha value is -1.39. The van der Waals surface area contributed by atoms with Crippen LogP contribution in [0.4, 0.5) is 0 Å². The van der Waals surface area contributed by atoms with Crippen molar-refractivity contribution in [1.29, 1.82) is 0 Å². The molecule has 0 spiro atoms. The summed E-state index contributed by atoms with van der Waals surface area (Å²) in [5.74, 6) is 1.05. The third-order valence-corrected chi connectivity index (χ3v) is 5.81. The molecule has 104 valence electrons. The smallest absolute Gasteiger partial charge is 0.228 e. The van der Waals surface area contributed by atoms with Crippen LogP contribution >= 0.6 is 0 Å². The van der Waals surface area contributed by atoms with Crippen LogP contribution in [0.3, 0.4) is 0 Å². The van der Waals surface area contributed by atoms with E-state index in [1.807, 2.05) is 35.2 Å². The van der Waals surface area contributed by atoms with Crippen LogP contribution in [0.1, 0.15) is 12.0 Å². The largest absolute Gasteiger partial charge is 0.390 e. The van der Waals surface area contributed by atoms with Crippen molar-refractivity contribution in [2.75, 3.05) is 0 Å². The summed E-state index contributed by atoms with van der Waals surface area (Å²) in [6.07, 6.45) is 0.416. The number of rotatable bonds is 2. The molecule has 20 heavy (non-hydrogen) atoms. The summed E-state index contributed by atoms with van der Waals surface area (Å²) in [6.45, 7) is 0.625. The third-order valence-electron chi connectivity index (χ3n) is 5.81. The molecule has 2 bridgehead atoms. The second kappa shape index (κ2) is 3.62. The highest BCUT2D eigenvalue weighted by atomic mass is 16.5. The summed E-state index contributed by atoms with van der Waals surface area (Å²) in [5, 5.41) is 10.2. The summed E-state index contributed by atoms with van der Waals surface area (Å²) < 4.78 is 6.05. The predicted molar refractivity (Wildman–Crippen MR) is 70.2 cm³/mol. The predicted octanol–water partition coefficient (Wildman–Crippen LogP) is 0.997. The highest BCUT2D eigenvalue weighted by Gasteiger charge is 2.72. The fourth-order valence-electron chi connectivity index (χ4n) is 5.09. The zero-order valence-corrected chi connectivity index (χ0v) is 11.1. The lowest BCUT2D eigenvalue weighted by Crippen LogP contribution is -2.43. The molecule has 0 radical (unpaired) electrons. The quantitative estimate of drug-likeness (QED) is 0.873. The minimum atomic E-state index is -0.422.